The molecular weight excluding hydrogens is 322 g/mol. The maximum Gasteiger partial charge on any atom is 0.307 e. The lowest BCUT2D eigenvalue weighted by atomic mass is 10.1. The summed E-state index contributed by atoms with van der Waals surface area (Å²) in [6, 6.07) is 5.55. The van der Waals surface area contributed by atoms with Crippen molar-refractivity contribution >= 4 is 21.9 Å². The molecule has 2 N–H and O–H groups in total. The first-order valence-electron chi connectivity index (χ1n) is 7.37. The Kier molecular flexibility index (Phi) is 4.01. The Morgan fingerprint density at radius 3 is 2.78 bits per heavy atom. The number of rotatable bonds is 6. The fraction of sp³-hybridized carbons (Fsp3) is 0.467. The van der Waals surface area contributed by atoms with Crippen LogP contribution < -0.4 is 9.46 Å². The van der Waals surface area contributed by atoms with Gasteiger partial charge in [-0.05, 0) is 30.0 Å². The van der Waals surface area contributed by atoms with Gasteiger partial charge in [0.1, 0.15) is 5.75 Å². The van der Waals surface area contributed by atoms with Crippen LogP contribution in [0.15, 0.2) is 18.2 Å². The second-order valence-corrected chi connectivity index (χ2v) is 7.70. The number of aryl methyl sites for hydroxylation is 1. The van der Waals surface area contributed by atoms with Gasteiger partial charge in [-0.15, -0.1) is 0 Å². The van der Waals surface area contributed by atoms with Gasteiger partial charge in [-0.2, -0.15) is 0 Å². The Morgan fingerprint density at radius 2 is 2.09 bits per heavy atom. The summed E-state index contributed by atoms with van der Waals surface area (Å²) in [6.45, 7) is 0.638. The highest BCUT2D eigenvalue weighted by Gasteiger charge is 2.49. The topological polar surface area (TPSA) is 110 Å². The van der Waals surface area contributed by atoms with Gasteiger partial charge in [0.05, 0.1) is 24.2 Å². The molecule has 1 saturated carbocycles. The molecule has 1 fully saturated rings. The molecule has 0 aromatic heterocycles. The van der Waals surface area contributed by atoms with Crippen molar-refractivity contribution in [2.75, 3.05) is 12.4 Å². The van der Waals surface area contributed by atoms with Gasteiger partial charge in [0, 0.05) is 6.42 Å². The van der Waals surface area contributed by atoms with Crippen molar-refractivity contribution in [2.45, 2.75) is 19.3 Å². The number of benzene rings is 1. The average Bonchev–Trinajstić information content (AvgIpc) is 3.16. The van der Waals surface area contributed by atoms with E-state index in [0.717, 1.165) is 23.3 Å². The molecule has 1 aliphatic carbocycles. The standard InChI is InChI=1S/C15H17NO6S/c17-14(11-8-12(11)15(18)19)16-23(20,21)6-4-9-1-2-13-10(7-9)3-5-22-13/h1-2,7,11-12H,3-6,8H2,(H,16,17)(H,18,19)/t11-,12-/m1/s1. The van der Waals surface area contributed by atoms with Gasteiger partial charge in [0.25, 0.3) is 0 Å². The Morgan fingerprint density at radius 1 is 1.30 bits per heavy atom. The monoisotopic (exact) mass is 339 g/mol. The largest absolute Gasteiger partial charge is 0.493 e. The van der Waals surface area contributed by atoms with Crippen molar-refractivity contribution in [1.82, 2.24) is 4.72 Å². The van der Waals surface area contributed by atoms with Crippen molar-refractivity contribution in [1.29, 1.82) is 0 Å². The van der Waals surface area contributed by atoms with E-state index in [1.807, 2.05) is 22.9 Å². The minimum absolute atomic E-state index is 0.196. The first kappa shape index (κ1) is 15.8. The lowest BCUT2D eigenvalue weighted by Crippen LogP contribution is -2.34. The van der Waals surface area contributed by atoms with Crippen LogP contribution >= 0.6 is 0 Å². The van der Waals surface area contributed by atoms with Crippen molar-refractivity contribution < 1.29 is 27.9 Å². The van der Waals surface area contributed by atoms with Gasteiger partial charge in [0.2, 0.25) is 15.9 Å². The number of carboxylic acid groups (broad SMARTS) is 1. The number of amides is 1. The molecule has 7 nitrogen and oxygen atoms in total. The smallest absolute Gasteiger partial charge is 0.307 e. The molecule has 0 bridgehead atoms. The van der Waals surface area contributed by atoms with E-state index in [0.29, 0.717) is 6.61 Å². The fourth-order valence-corrected chi connectivity index (χ4v) is 3.75. The molecule has 8 heteroatoms. The molecule has 0 radical (unpaired) electrons. The van der Waals surface area contributed by atoms with Crippen molar-refractivity contribution in [3.05, 3.63) is 29.3 Å². The quantitative estimate of drug-likeness (QED) is 0.773. The van der Waals surface area contributed by atoms with Gasteiger partial charge in [-0.25, -0.2) is 8.42 Å². The third-order valence-corrected chi connectivity index (χ3v) is 5.37. The predicted molar refractivity (Wildman–Crippen MR) is 80.5 cm³/mol. The summed E-state index contributed by atoms with van der Waals surface area (Å²) in [5, 5.41) is 8.76. The third-order valence-electron chi connectivity index (χ3n) is 4.11. The van der Waals surface area contributed by atoms with E-state index in [-0.39, 0.29) is 18.6 Å². The molecule has 1 amide bonds. The molecule has 2 atom stereocenters. The van der Waals surface area contributed by atoms with Crippen LogP contribution in [0.1, 0.15) is 17.5 Å². The second-order valence-electron chi connectivity index (χ2n) is 5.86. The third kappa shape index (κ3) is 3.64. The minimum Gasteiger partial charge on any atom is -0.493 e. The Bertz CT molecular complexity index is 757. The summed E-state index contributed by atoms with van der Waals surface area (Å²) in [4.78, 5) is 22.4. The van der Waals surface area contributed by atoms with E-state index in [1.165, 1.54) is 0 Å². The van der Waals surface area contributed by atoms with Crippen molar-refractivity contribution in [3.8, 4) is 5.75 Å². The second kappa shape index (κ2) is 5.84. The Balaban J connectivity index is 1.55. The maximum absolute atomic E-state index is 12.0. The highest BCUT2D eigenvalue weighted by Crippen LogP contribution is 2.38. The zero-order valence-electron chi connectivity index (χ0n) is 12.3. The summed E-state index contributed by atoms with van der Waals surface area (Å²) in [5.74, 6) is -2.68. The number of aliphatic carboxylic acids is 1. The lowest BCUT2D eigenvalue weighted by Gasteiger charge is -2.07. The predicted octanol–water partition coefficient (Wildman–Crippen LogP) is 0.331. The van der Waals surface area contributed by atoms with Crippen LogP contribution in [0, 0.1) is 11.8 Å². The first-order valence-corrected chi connectivity index (χ1v) is 9.03. The molecule has 23 heavy (non-hydrogen) atoms. The van der Waals surface area contributed by atoms with Crippen LogP contribution in [0.4, 0.5) is 0 Å². The number of fused-ring (bicyclic) bond motifs is 1. The van der Waals surface area contributed by atoms with Crippen molar-refractivity contribution in [3.63, 3.8) is 0 Å². The normalized spacial score (nSPS) is 22.1. The lowest BCUT2D eigenvalue weighted by molar-refractivity contribution is -0.140. The summed E-state index contributed by atoms with van der Waals surface area (Å²) >= 11 is 0. The molecule has 1 aromatic rings. The van der Waals surface area contributed by atoms with Gasteiger partial charge < -0.3 is 9.84 Å². The molecule has 2 aliphatic rings. The molecule has 3 rings (SSSR count). The first-order chi connectivity index (χ1) is 10.9. The maximum atomic E-state index is 12.0. The van der Waals surface area contributed by atoms with Gasteiger partial charge in [-0.1, -0.05) is 12.1 Å². The molecule has 1 heterocycles. The number of hydrogen-bond donors (Lipinski definition) is 2. The summed E-state index contributed by atoms with van der Waals surface area (Å²) in [6.07, 6.45) is 1.29. The van der Waals surface area contributed by atoms with Crippen LogP contribution in [-0.2, 0) is 32.5 Å². The molecular formula is C15H17NO6S. The number of carbonyl (C=O) groups is 2. The molecule has 0 unspecified atom stereocenters. The highest BCUT2D eigenvalue weighted by molar-refractivity contribution is 7.90. The van der Waals surface area contributed by atoms with Crippen LogP contribution in [0.5, 0.6) is 5.75 Å². The minimum atomic E-state index is -3.77. The van der Waals surface area contributed by atoms with Crippen LogP contribution in [0.25, 0.3) is 0 Å². The number of sulfonamides is 1. The molecule has 1 aliphatic heterocycles. The van der Waals surface area contributed by atoms with E-state index < -0.39 is 33.7 Å². The zero-order chi connectivity index (χ0) is 16.6. The highest BCUT2D eigenvalue weighted by atomic mass is 32.2. The number of carboxylic acids is 1. The molecule has 1 aromatic carbocycles. The molecule has 0 saturated heterocycles. The van der Waals surface area contributed by atoms with E-state index in [2.05, 4.69) is 0 Å². The van der Waals surface area contributed by atoms with Crippen molar-refractivity contribution in [2.24, 2.45) is 11.8 Å². The van der Waals surface area contributed by atoms with Crippen LogP contribution in [-0.4, -0.2) is 37.8 Å². The van der Waals surface area contributed by atoms with E-state index in [9.17, 15) is 18.0 Å². The van der Waals surface area contributed by atoms with E-state index in [1.54, 1.807) is 0 Å². The van der Waals surface area contributed by atoms with Gasteiger partial charge in [0.15, 0.2) is 0 Å². The summed E-state index contributed by atoms with van der Waals surface area (Å²) < 4.78 is 31.3. The number of carbonyl (C=O) groups excluding carboxylic acids is 1. The number of nitrogens with one attached hydrogen (secondary N) is 1. The van der Waals surface area contributed by atoms with Gasteiger partial charge in [-0.3, -0.25) is 14.3 Å². The van der Waals surface area contributed by atoms with Gasteiger partial charge >= 0.3 is 5.97 Å². The van der Waals surface area contributed by atoms with E-state index in [4.69, 9.17) is 9.84 Å². The van der Waals surface area contributed by atoms with Crippen LogP contribution in [0.3, 0.4) is 0 Å². The summed E-state index contributed by atoms with van der Waals surface area (Å²) in [7, 11) is -3.77. The molecule has 124 valence electrons. The summed E-state index contributed by atoms with van der Waals surface area (Å²) in [5.41, 5.74) is 1.92. The van der Waals surface area contributed by atoms with E-state index >= 15 is 0 Å². The fourth-order valence-electron chi connectivity index (χ4n) is 2.69. The number of hydrogen-bond acceptors (Lipinski definition) is 5. The van der Waals surface area contributed by atoms with Crippen LogP contribution in [0.2, 0.25) is 0 Å². The SMILES string of the molecule is O=C(O)[C@@H]1C[C@H]1C(=O)NS(=O)(=O)CCc1ccc2c(c1)CCO2. The Hall–Kier alpha value is -2.09. The number of ether oxygens (including phenoxy) is 1. The average molecular weight is 339 g/mol. The zero-order valence-corrected chi connectivity index (χ0v) is 13.1. The Labute approximate surface area is 133 Å². The molecule has 0 spiro atoms.